The van der Waals surface area contributed by atoms with Crippen LogP contribution in [0.4, 0.5) is 4.79 Å². The SMILES string of the molecule is CC(C)(C)OC(=O)N1CCC2(C1)NCC(=O)NC2=O. The third-order valence-corrected chi connectivity index (χ3v) is 3.20. The maximum Gasteiger partial charge on any atom is 0.410 e. The van der Waals surface area contributed by atoms with Crippen molar-refractivity contribution in [2.45, 2.75) is 38.3 Å². The minimum atomic E-state index is -0.856. The molecular formula is C12H19N3O4. The second-order valence-corrected chi connectivity index (χ2v) is 5.96. The summed E-state index contributed by atoms with van der Waals surface area (Å²) in [5.41, 5.74) is -1.42. The zero-order valence-corrected chi connectivity index (χ0v) is 11.4. The molecule has 2 aliphatic rings. The highest BCUT2D eigenvalue weighted by atomic mass is 16.6. The van der Waals surface area contributed by atoms with Crippen LogP contribution in [0.1, 0.15) is 27.2 Å². The number of likely N-dealkylation sites (tertiary alicyclic amines) is 1. The standard InChI is InChI=1S/C12H19N3O4/c1-11(2,3)19-10(18)15-5-4-12(7-15)9(17)14-8(16)6-13-12/h13H,4-7H2,1-3H3,(H,14,16,17). The summed E-state index contributed by atoms with van der Waals surface area (Å²) in [5.74, 6) is -0.707. The Labute approximate surface area is 111 Å². The number of rotatable bonds is 0. The van der Waals surface area contributed by atoms with Crippen molar-refractivity contribution < 1.29 is 19.1 Å². The van der Waals surface area contributed by atoms with E-state index in [9.17, 15) is 14.4 Å². The summed E-state index contributed by atoms with van der Waals surface area (Å²) >= 11 is 0. The van der Waals surface area contributed by atoms with Gasteiger partial charge >= 0.3 is 6.09 Å². The number of amides is 3. The van der Waals surface area contributed by atoms with Crippen molar-refractivity contribution in [3.8, 4) is 0 Å². The molecule has 0 aromatic heterocycles. The topological polar surface area (TPSA) is 87.7 Å². The fourth-order valence-electron chi connectivity index (χ4n) is 2.24. The number of nitrogens with one attached hydrogen (secondary N) is 2. The van der Waals surface area contributed by atoms with E-state index in [4.69, 9.17) is 4.74 Å². The number of hydrogen-bond donors (Lipinski definition) is 2. The second-order valence-electron chi connectivity index (χ2n) is 5.96. The summed E-state index contributed by atoms with van der Waals surface area (Å²) in [7, 11) is 0. The molecule has 2 aliphatic heterocycles. The molecule has 0 aromatic rings. The number of piperazine rings is 1. The number of hydrogen-bond acceptors (Lipinski definition) is 5. The largest absolute Gasteiger partial charge is 0.444 e. The smallest absolute Gasteiger partial charge is 0.410 e. The summed E-state index contributed by atoms with van der Waals surface area (Å²) < 4.78 is 5.27. The molecule has 2 heterocycles. The molecule has 0 aliphatic carbocycles. The summed E-state index contributed by atoms with van der Waals surface area (Å²) in [6.07, 6.45) is 0.0432. The highest BCUT2D eigenvalue weighted by molar-refractivity contribution is 6.04. The molecule has 0 aromatic carbocycles. The van der Waals surface area contributed by atoms with Crippen LogP contribution in [0.25, 0.3) is 0 Å². The molecule has 3 amide bonds. The Morgan fingerprint density at radius 1 is 1.37 bits per heavy atom. The minimum absolute atomic E-state index is 0.0912. The quantitative estimate of drug-likeness (QED) is 0.585. The predicted octanol–water partition coefficient (Wildman–Crippen LogP) is -0.388. The molecule has 19 heavy (non-hydrogen) atoms. The van der Waals surface area contributed by atoms with Gasteiger partial charge in [0.2, 0.25) is 11.8 Å². The molecule has 0 saturated carbocycles. The van der Waals surface area contributed by atoms with Crippen molar-refractivity contribution in [3.63, 3.8) is 0 Å². The Bertz CT molecular complexity index is 429. The van der Waals surface area contributed by atoms with E-state index in [1.807, 2.05) is 0 Å². The molecule has 2 saturated heterocycles. The van der Waals surface area contributed by atoms with E-state index in [-0.39, 0.29) is 24.9 Å². The molecular weight excluding hydrogens is 250 g/mol. The normalized spacial score (nSPS) is 27.6. The van der Waals surface area contributed by atoms with Gasteiger partial charge in [-0.3, -0.25) is 20.2 Å². The van der Waals surface area contributed by atoms with Crippen LogP contribution >= 0.6 is 0 Å². The molecule has 2 rings (SSSR count). The van der Waals surface area contributed by atoms with Gasteiger partial charge in [-0.25, -0.2) is 4.79 Å². The van der Waals surface area contributed by atoms with Gasteiger partial charge in [0, 0.05) is 6.54 Å². The van der Waals surface area contributed by atoms with Gasteiger partial charge < -0.3 is 9.64 Å². The van der Waals surface area contributed by atoms with Crippen molar-refractivity contribution in [1.82, 2.24) is 15.5 Å². The van der Waals surface area contributed by atoms with E-state index >= 15 is 0 Å². The van der Waals surface area contributed by atoms with Crippen molar-refractivity contribution in [2.24, 2.45) is 0 Å². The summed E-state index contributed by atoms with van der Waals surface area (Å²) in [6, 6.07) is 0. The van der Waals surface area contributed by atoms with Gasteiger partial charge in [0.25, 0.3) is 0 Å². The van der Waals surface area contributed by atoms with Gasteiger partial charge in [0.05, 0.1) is 13.1 Å². The maximum absolute atomic E-state index is 11.9. The lowest BCUT2D eigenvalue weighted by Gasteiger charge is -2.32. The third-order valence-electron chi connectivity index (χ3n) is 3.20. The van der Waals surface area contributed by atoms with Crippen LogP contribution < -0.4 is 10.6 Å². The highest BCUT2D eigenvalue weighted by Crippen LogP contribution is 2.24. The summed E-state index contributed by atoms with van der Waals surface area (Å²) in [5, 5.41) is 5.23. The first-order valence-electron chi connectivity index (χ1n) is 6.29. The van der Waals surface area contributed by atoms with Crippen LogP contribution in [0.5, 0.6) is 0 Å². The molecule has 1 atom stereocenters. The molecule has 7 heteroatoms. The first-order chi connectivity index (χ1) is 8.72. The Morgan fingerprint density at radius 3 is 2.63 bits per heavy atom. The van der Waals surface area contributed by atoms with Crippen LogP contribution in [0.3, 0.4) is 0 Å². The summed E-state index contributed by atoms with van der Waals surface area (Å²) in [4.78, 5) is 36.5. The molecule has 0 bridgehead atoms. The molecule has 2 fully saturated rings. The van der Waals surface area contributed by atoms with E-state index in [0.717, 1.165) is 0 Å². The Kier molecular flexibility index (Phi) is 3.25. The Hall–Kier alpha value is -1.63. The highest BCUT2D eigenvalue weighted by Gasteiger charge is 2.49. The van der Waals surface area contributed by atoms with Gasteiger partial charge in [-0.15, -0.1) is 0 Å². The summed E-state index contributed by atoms with van der Waals surface area (Å²) in [6.45, 7) is 6.13. The zero-order chi connectivity index (χ0) is 14.3. The van der Waals surface area contributed by atoms with E-state index < -0.39 is 17.2 Å². The molecule has 1 spiro atoms. The van der Waals surface area contributed by atoms with E-state index in [1.54, 1.807) is 20.8 Å². The van der Waals surface area contributed by atoms with E-state index in [0.29, 0.717) is 13.0 Å². The first-order valence-corrected chi connectivity index (χ1v) is 6.29. The molecule has 0 radical (unpaired) electrons. The van der Waals surface area contributed by atoms with Crippen molar-refractivity contribution >= 4 is 17.9 Å². The van der Waals surface area contributed by atoms with Crippen molar-refractivity contribution in [2.75, 3.05) is 19.6 Å². The number of carbonyl (C=O) groups excluding carboxylic acids is 3. The van der Waals surface area contributed by atoms with Crippen LogP contribution in [0.15, 0.2) is 0 Å². The second kappa shape index (κ2) is 4.48. The lowest BCUT2D eigenvalue weighted by molar-refractivity contribution is -0.137. The van der Waals surface area contributed by atoms with Gasteiger partial charge in [0.1, 0.15) is 11.1 Å². The van der Waals surface area contributed by atoms with E-state index in [2.05, 4.69) is 10.6 Å². The molecule has 2 N–H and O–H groups in total. The average molecular weight is 269 g/mol. The van der Waals surface area contributed by atoms with E-state index in [1.165, 1.54) is 4.90 Å². The van der Waals surface area contributed by atoms with Crippen molar-refractivity contribution in [3.05, 3.63) is 0 Å². The van der Waals surface area contributed by atoms with Crippen molar-refractivity contribution in [1.29, 1.82) is 0 Å². The van der Waals surface area contributed by atoms with Gasteiger partial charge in [-0.05, 0) is 27.2 Å². The predicted molar refractivity (Wildman–Crippen MR) is 66.3 cm³/mol. The van der Waals surface area contributed by atoms with Crippen LogP contribution in [-0.4, -0.2) is 53.6 Å². The van der Waals surface area contributed by atoms with Gasteiger partial charge in [-0.1, -0.05) is 0 Å². The number of imide groups is 1. The molecule has 106 valence electrons. The van der Waals surface area contributed by atoms with Gasteiger partial charge in [0.15, 0.2) is 0 Å². The Balaban J connectivity index is 2.01. The Morgan fingerprint density at radius 2 is 2.05 bits per heavy atom. The fourth-order valence-corrected chi connectivity index (χ4v) is 2.24. The lowest BCUT2D eigenvalue weighted by atomic mass is 9.95. The molecule has 7 nitrogen and oxygen atoms in total. The third kappa shape index (κ3) is 2.86. The van der Waals surface area contributed by atoms with Gasteiger partial charge in [-0.2, -0.15) is 0 Å². The van der Waals surface area contributed by atoms with Crippen LogP contribution in [0.2, 0.25) is 0 Å². The minimum Gasteiger partial charge on any atom is -0.444 e. The number of carbonyl (C=O) groups is 3. The lowest BCUT2D eigenvalue weighted by Crippen LogP contribution is -2.66. The molecule has 1 unspecified atom stereocenters. The number of nitrogens with zero attached hydrogens (tertiary/aromatic N) is 1. The maximum atomic E-state index is 11.9. The number of ether oxygens (including phenoxy) is 1. The zero-order valence-electron chi connectivity index (χ0n) is 11.4. The average Bonchev–Trinajstić information content (AvgIpc) is 2.68. The van der Waals surface area contributed by atoms with Crippen LogP contribution in [-0.2, 0) is 14.3 Å². The first kappa shape index (κ1) is 13.8. The van der Waals surface area contributed by atoms with Crippen LogP contribution in [0, 0.1) is 0 Å². The fraction of sp³-hybridized carbons (Fsp3) is 0.750. The monoisotopic (exact) mass is 269 g/mol.